The number of halogens is 1. The van der Waals surface area contributed by atoms with E-state index in [0.29, 0.717) is 12.5 Å². The number of carbonyl (C=O) groups is 1. The van der Waals surface area contributed by atoms with Crippen molar-refractivity contribution < 1.29 is 4.79 Å². The second-order valence-corrected chi connectivity index (χ2v) is 4.94. The number of amides is 1. The molecule has 21 heavy (non-hydrogen) atoms. The minimum Gasteiger partial charge on any atom is -0.326 e. The summed E-state index contributed by atoms with van der Waals surface area (Å²) in [5.74, 6) is 0.0536. The van der Waals surface area contributed by atoms with Crippen molar-refractivity contribution in [1.29, 1.82) is 0 Å². The molecule has 1 aliphatic rings. The van der Waals surface area contributed by atoms with Crippen LogP contribution in [0.2, 0.25) is 0 Å². The van der Waals surface area contributed by atoms with Gasteiger partial charge in [0.05, 0.1) is 18.1 Å². The quantitative estimate of drug-likeness (QED) is 0.903. The number of carbonyl (C=O) groups excluding carboxylic acids is 1. The lowest BCUT2D eigenvalue weighted by Crippen LogP contribution is -2.27. The van der Waals surface area contributed by atoms with Gasteiger partial charge in [-0.3, -0.25) is 4.79 Å². The largest absolute Gasteiger partial charge is 0.326 e. The average molecular weight is 308 g/mol. The molecule has 2 aromatic rings. The molecule has 0 aliphatic carbocycles. The molecule has 7 heteroatoms. The van der Waals surface area contributed by atoms with E-state index in [4.69, 9.17) is 0 Å². The lowest BCUT2D eigenvalue weighted by atomic mass is 10.1. The van der Waals surface area contributed by atoms with Gasteiger partial charge in [-0.15, -0.1) is 17.5 Å². The Balaban J connectivity index is 0.00000161. The third kappa shape index (κ3) is 4.03. The van der Waals surface area contributed by atoms with Gasteiger partial charge in [0.2, 0.25) is 5.91 Å². The monoisotopic (exact) mass is 307 g/mol. The van der Waals surface area contributed by atoms with Crippen molar-refractivity contribution in [2.45, 2.75) is 25.3 Å². The van der Waals surface area contributed by atoms with Crippen molar-refractivity contribution in [2.75, 3.05) is 11.9 Å². The molecule has 112 valence electrons. The summed E-state index contributed by atoms with van der Waals surface area (Å²) in [5.41, 5.74) is 1.72. The fourth-order valence-electron chi connectivity index (χ4n) is 2.41. The van der Waals surface area contributed by atoms with Crippen LogP contribution in [0.3, 0.4) is 0 Å². The second kappa shape index (κ2) is 7.19. The molecule has 0 spiro atoms. The molecule has 1 aromatic carbocycles. The summed E-state index contributed by atoms with van der Waals surface area (Å²) in [6.07, 6.45) is 6.18. The first-order valence-electron chi connectivity index (χ1n) is 6.81. The van der Waals surface area contributed by atoms with Gasteiger partial charge in [0.1, 0.15) is 0 Å². The van der Waals surface area contributed by atoms with Gasteiger partial charge in [-0.05, 0) is 43.7 Å². The van der Waals surface area contributed by atoms with E-state index in [2.05, 4.69) is 20.9 Å². The van der Waals surface area contributed by atoms with Crippen LogP contribution in [0.4, 0.5) is 5.69 Å². The Morgan fingerprint density at radius 1 is 1.38 bits per heavy atom. The van der Waals surface area contributed by atoms with Gasteiger partial charge >= 0.3 is 0 Å². The number of rotatable bonds is 4. The number of nitrogens with zero attached hydrogens (tertiary/aromatic N) is 3. The van der Waals surface area contributed by atoms with Gasteiger partial charge in [0.25, 0.3) is 0 Å². The normalized spacial score (nSPS) is 17.2. The predicted molar refractivity (Wildman–Crippen MR) is 82.9 cm³/mol. The maximum atomic E-state index is 11.9. The maximum absolute atomic E-state index is 11.9. The number of aromatic nitrogens is 3. The molecule has 1 fully saturated rings. The highest BCUT2D eigenvalue weighted by Gasteiger charge is 2.17. The van der Waals surface area contributed by atoms with E-state index in [0.717, 1.165) is 30.8 Å². The second-order valence-electron chi connectivity index (χ2n) is 4.94. The summed E-state index contributed by atoms with van der Waals surface area (Å²) in [6, 6.07) is 7.87. The molecular weight excluding hydrogens is 290 g/mol. The molecule has 1 saturated heterocycles. The Labute approximate surface area is 129 Å². The standard InChI is InChI=1S/C14H17N5O.ClH/c20-14(10-12-2-1-7-15-12)17-11-3-5-13(6-4-11)19-9-8-16-18-19;/h3-6,8-9,12,15H,1-2,7,10H2,(H,17,20);1H. The number of nitrogens with one attached hydrogen (secondary N) is 2. The van der Waals surface area contributed by atoms with Crippen LogP contribution >= 0.6 is 12.4 Å². The molecule has 0 bridgehead atoms. The smallest absolute Gasteiger partial charge is 0.225 e. The zero-order valence-corrected chi connectivity index (χ0v) is 12.3. The van der Waals surface area contributed by atoms with Crippen LogP contribution < -0.4 is 10.6 Å². The van der Waals surface area contributed by atoms with Crippen LogP contribution in [0.15, 0.2) is 36.7 Å². The van der Waals surface area contributed by atoms with Crippen LogP contribution in [0.1, 0.15) is 19.3 Å². The van der Waals surface area contributed by atoms with E-state index < -0.39 is 0 Å². The van der Waals surface area contributed by atoms with Crippen molar-refractivity contribution in [3.8, 4) is 5.69 Å². The molecule has 2 heterocycles. The highest BCUT2D eigenvalue weighted by Crippen LogP contribution is 2.14. The van der Waals surface area contributed by atoms with Gasteiger partial charge < -0.3 is 10.6 Å². The van der Waals surface area contributed by atoms with Gasteiger partial charge in [-0.25, -0.2) is 4.68 Å². The minimum atomic E-state index is 0. The zero-order valence-electron chi connectivity index (χ0n) is 11.5. The SMILES string of the molecule is Cl.O=C(CC1CCCN1)Nc1ccc(-n2ccnn2)cc1. The molecule has 1 amide bonds. The van der Waals surface area contributed by atoms with E-state index in [1.165, 1.54) is 0 Å². The Morgan fingerprint density at radius 2 is 2.19 bits per heavy atom. The van der Waals surface area contributed by atoms with Crippen molar-refractivity contribution >= 4 is 24.0 Å². The zero-order chi connectivity index (χ0) is 13.8. The fourth-order valence-corrected chi connectivity index (χ4v) is 2.41. The summed E-state index contributed by atoms with van der Waals surface area (Å²) >= 11 is 0. The van der Waals surface area contributed by atoms with Gasteiger partial charge in [-0.2, -0.15) is 0 Å². The lowest BCUT2D eigenvalue weighted by Gasteiger charge is -2.10. The maximum Gasteiger partial charge on any atom is 0.225 e. The molecule has 1 aromatic heterocycles. The van der Waals surface area contributed by atoms with E-state index >= 15 is 0 Å². The molecule has 3 rings (SSSR count). The first kappa shape index (κ1) is 15.5. The highest BCUT2D eigenvalue weighted by atomic mass is 35.5. The topological polar surface area (TPSA) is 71.8 Å². The molecular formula is C14H18ClN5O. The fraction of sp³-hybridized carbons (Fsp3) is 0.357. The molecule has 0 saturated carbocycles. The van der Waals surface area contributed by atoms with Crippen molar-refractivity contribution in [3.05, 3.63) is 36.7 Å². The lowest BCUT2D eigenvalue weighted by molar-refractivity contribution is -0.116. The average Bonchev–Trinajstić information content (AvgIpc) is 3.12. The van der Waals surface area contributed by atoms with Crippen molar-refractivity contribution in [2.24, 2.45) is 0 Å². The highest BCUT2D eigenvalue weighted by molar-refractivity contribution is 5.91. The first-order valence-corrected chi connectivity index (χ1v) is 6.81. The van der Waals surface area contributed by atoms with Crippen LogP contribution in [0.25, 0.3) is 5.69 Å². The number of hydrogen-bond donors (Lipinski definition) is 2. The predicted octanol–water partition coefficient (Wildman–Crippen LogP) is 1.77. The van der Waals surface area contributed by atoms with E-state index in [9.17, 15) is 4.79 Å². The van der Waals surface area contributed by atoms with Gasteiger partial charge in [0, 0.05) is 18.2 Å². The van der Waals surface area contributed by atoms with E-state index in [-0.39, 0.29) is 18.3 Å². The molecule has 1 aliphatic heterocycles. The van der Waals surface area contributed by atoms with Gasteiger partial charge in [-0.1, -0.05) is 5.21 Å². The Kier molecular flexibility index (Phi) is 5.30. The molecule has 1 unspecified atom stereocenters. The Morgan fingerprint density at radius 3 is 2.81 bits per heavy atom. The third-order valence-electron chi connectivity index (χ3n) is 3.43. The minimum absolute atomic E-state index is 0. The third-order valence-corrected chi connectivity index (χ3v) is 3.43. The first-order chi connectivity index (χ1) is 9.81. The summed E-state index contributed by atoms with van der Waals surface area (Å²) < 4.78 is 1.67. The molecule has 6 nitrogen and oxygen atoms in total. The van der Waals surface area contributed by atoms with Gasteiger partial charge in [0.15, 0.2) is 0 Å². The Bertz CT molecular complexity index is 564. The van der Waals surface area contributed by atoms with Crippen molar-refractivity contribution in [1.82, 2.24) is 20.3 Å². The summed E-state index contributed by atoms with van der Waals surface area (Å²) in [6.45, 7) is 1.02. The summed E-state index contributed by atoms with van der Waals surface area (Å²) in [4.78, 5) is 11.9. The Hall–Kier alpha value is -1.92. The summed E-state index contributed by atoms with van der Waals surface area (Å²) in [5, 5.41) is 13.9. The molecule has 1 atom stereocenters. The van der Waals surface area contributed by atoms with E-state index in [1.54, 1.807) is 17.1 Å². The van der Waals surface area contributed by atoms with Crippen LogP contribution in [0, 0.1) is 0 Å². The number of anilines is 1. The summed E-state index contributed by atoms with van der Waals surface area (Å²) in [7, 11) is 0. The van der Waals surface area contributed by atoms with Crippen LogP contribution in [-0.2, 0) is 4.79 Å². The number of hydrogen-bond acceptors (Lipinski definition) is 4. The van der Waals surface area contributed by atoms with Crippen molar-refractivity contribution in [3.63, 3.8) is 0 Å². The molecule has 2 N–H and O–H groups in total. The van der Waals surface area contributed by atoms with Crippen LogP contribution in [0.5, 0.6) is 0 Å². The number of benzene rings is 1. The molecule has 0 radical (unpaired) electrons. The van der Waals surface area contributed by atoms with Crippen LogP contribution in [-0.4, -0.2) is 33.5 Å². The van der Waals surface area contributed by atoms with E-state index in [1.807, 2.05) is 24.3 Å².